The van der Waals surface area contributed by atoms with Crippen molar-refractivity contribution >= 4 is 39.2 Å². The van der Waals surface area contributed by atoms with Crippen molar-refractivity contribution in [2.45, 2.75) is 51.9 Å². The summed E-state index contributed by atoms with van der Waals surface area (Å²) in [5, 5.41) is 1.60. The van der Waals surface area contributed by atoms with E-state index < -0.39 is 0 Å². The maximum Gasteiger partial charge on any atom is 0.271 e. The Morgan fingerprint density at radius 3 is 2.50 bits per heavy atom. The molecule has 1 aromatic carbocycles. The standard InChI is InChI=1S/C17H18ClN3O.C2H6/c18-10-6-7-12-11(8-10)15-16(20-12)13(14(19)17(22)21-15)9-4-2-1-3-5-9;1-2/h6-9,20H,1-5,19H2,(H,21,22);1-2H3. The quantitative estimate of drug-likeness (QED) is 0.558. The highest BCUT2D eigenvalue weighted by molar-refractivity contribution is 6.31. The van der Waals surface area contributed by atoms with E-state index in [2.05, 4.69) is 9.97 Å². The van der Waals surface area contributed by atoms with Crippen LogP contribution in [0.1, 0.15) is 57.4 Å². The highest BCUT2D eigenvalue weighted by Crippen LogP contribution is 2.39. The molecule has 1 aliphatic carbocycles. The fraction of sp³-hybridized carbons (Fsp3) is 0.421. The number of pyridine rings is 1. The average Bonchev–Trinajstić information content (AvgIpc) is 2.96. The van der Waals surface area contributed by atoms with E-state index in [1.807, 2.05) is 32.0 Å². The molecule has 2 aromatic heterocycles. The number of fused-ring (bicyclic) bond motifs is 3. The topological polar surface area (TPSA) is 74.7 Å². The van der Waals surface area contributed by atoms with Crippen LogP contribution in [0.2, 0.25) is 5.02 Å². The van der Waals surface area contributed by atoms with E-state index in [-0.39, 0.29) is 5.56 Å². The lowest BCUT2D eigenvalue weighted by atomic mass is 9.83. The van der Waals surface area contributed by atoms with Gasteiger partial charge in [-0.15, -0.1) is 0 Å². The first-order valence-corrected chi connectivity index (χ1v) is 9.15. The van der Waals surface area contributed by atoms with Crippen LogP contribution in [0.15, 0.2) is 23.0 Å². The largest absolute Gasteiger partial charge is 0.394 e. The summed E-state index contributed by atoms with van der Waals surface area (Å²) in [7, 11) is 0. The van der Waals surface area contributed by atoms with Gasteiger partial charge in [-0.05, 0) is 37.0 Å². The first kappa shape index (κ1) is 16.9. The van der Waals surface area contributed by atoms with Crippen molar-refractivity contribution in [2.24, 2.45) is 0 Å². The van der Waals surface area contributed by atoms with Crippen molar-refractivity contribution in [3.05, 3.63) is 39.1 Å². The zero-order valence-electron chi connectivity index (χ0n) is 14.2. The van der Waals surface area contributed by atoms with Gasteiger partial charge in [-0.1, -0.05) is 44.7 Å². The van der Waals surface area contributed by atoms with Gasteiger partial charge >= 0.3 is 0 Å². The summed E-state index contributed by atoms with van der Waals surface area (Å²) in [4.78, 5) is 18.6. The number of rotatable bonds is 1. The van der Waals surface area contributed by atoms with E-state index in [1.54, 1.807) is 0 Å². The molecule has 24 heavy (non-hydrogen) atoms. The number of hydrogen-bond acceptors (Lipinski definition) is 2. The lowest BCUT2D eigenvalue weighted by molar-refractivity contribution is 0.446. The molecule has 3 aromatic rings. The Morgan fingerprint density at radius 2 is 1.79 bits per heavy atom. The lowest BCUT2D eigenvalue weighted by Gasteiger charge is -2.23. The highest BCUT2D eigenvalue weighted by Gasteiger charge is 2.23. The number of hydrogen-bond donors (Lipinski definition) is 3. The molecule has 0 atom stereocenters. The van der Waals surface area contributed by atoms with Gasteiger partial charge < -0.3 is 15.7 Å². The van der Waals surface area contributed by atoms with Gasteiger partial charge in [0.1, 0.15) is 5.69 Å². The summed E-state index contributed by atoms with van der Waals surface area (Å²) in [6.45, 7) is 4.00. The van der Waals surface area contributed by atoms with Crippen LogP contribution in [0.5, 0.6) is 0 Å². The van der Waals surface area contributed by atoms with E-state index >= 15 is 0 Å². The van der Waals surface area contributed by atoms with Crippen LogP contribution in [0.3, 0.4) is 0 Å². The minimum absolute atomic E-state index is 0.200. The van der Waals surface area contributed by atoms with Crippen molar-refractivity contribution in [1.29, 1.82) is 0 Å². The fourth-order valence-corrected chi connectivity index (χ4v) is 3.92. The van der Waals surface area contributed by atoms with Crippen LogP contribution < -0.4 is 11.3 Å². The Kier molecular flexibility index (Phi) is 4.86. The first-order valence-electron chi connectivity index (χ1n) is 8.77. The third-order valence-electron chi connectivity index (χ3n) is 4.82. The summed E-state index contributed by atoms with van der Waals surface area (Å²) in [6.07, 6.45) is 5.86. The van der Waals surface area contributed by atoms with Crippen molar-refractivity contribution in [2.75, 3.05) is 5.73 Å². The van der Waals surface area contributed by atoms with Gasteiger partial charge in [0.25, 0.3) is 5.56 Å². The monoisotopic (exact) mass is 345 g/mol. The molecule has 1 saturated carbocycles. The Labute approximate surface area is 146 Å². The number of nitrogens with two attached hydrogens (primary N) is 1. The molecule has 0 spiro atoms. The number of aromatic amines is 2. The third kappa shape index (κ3) is 2.80. The van der Waals surface area contributed by atoms with E-state index in [0.717, 1.165) is 40.3 Å². The zero-order chi connectivity index (χ0) is 17.3. The molecule has 4 rings (SSSR count). The van der Waals surface area contributed by atoms with Crippen molar-refractivity contribution < 1.29 is 0 Å². The van der Waals surface area contributed by atoms with Crippen molar-refractivity contribution in [3.8, 4) is 0 Å². The van der Waals surface area contributed by atoms with Crippen LogP contribution in [0.4, 0.5) is 5.69 Å². The van der Waals surface area contributed by atoms with E-state index in [9.17, 15) is 4.79 Å². The molecule has 0 saturated heterocycles. The molecule has 5 heteroatoms. The fourth-order valence-electron chi connectivity index (χ4n) is 3.75. The van der Waals surface area contributed by atoms with Crippen LogP contribution in [0, 0.1) is 0 Å². The second kappa shape index (κ2) is 6.89. The zero-order valence-corrected chi connectivity index (χ0v) is 15.0. The number of benzene rings is 1. The van der Waals surface area contributed by atoms with Crippen molar-refractivity contribution in [1.82, 2.24) is 9.97 Å². The van der Waals surface area contributed by atoms with Crippen LogP contribution in [-0.4, -0.2) is 9.97 Å². The summed E-state index contributed by atoms with van der Waals surface area (Å²) < 4.78 is 0. The van der Waals surface area contributed by atoms with Gasteiger partial charge in [-0.2, -0.15) is 0 Å². The van der Waals surface area contributed by atoms with Crippen molar-refractivity contribution in [3.63, 3.8) is 0 Å². The summed E-state index contributed by atoms with van der Waals surface area (Å²) in [5.74, 6) is 0.363. The molecule has 0 aliphatic heterocycles. The normalized spacial score (nSPS) is 15.5. The Bertz CT molecular complexity index is 920. The van der Waals surface area contributed by atoms with Gasteiger partial charge in [0.05, 0.1) is 11.0 Å². The SMILES string of the molecule is CC.Nc1c(C2CCCCC2)c2[nH]c3ccc(Cl)cc3c2[nH]c1=O. The highest BCUT2D eigenvalue weighted by atomic mass is 35.5. The average molecular weight is 346 g/mol. The number of aromatic nitrogens is 2. The second-order valence-electron chi connectivity index (χ2n) is 6.18. The Hall–Kier alpha value is -1.94. The second-order valence-corrected chi connectivity index (χ2v) is 6.62. The molecule has 0 amide bonds. The maximum atomic E-state index is 12.3. The summed E-state index contributed by atoms with van der Waals surface area (Å²) in [5.41, 5.74) is 10.0. The number of nitrogens with one attached hydrogen (secondary N) is 2. The Morgan fingerprint density at radius 1 is 1.08 bits per heavy atom. The molecule has 1 aliphatic rings. The number of nitrogen functional groups attached to an aromatic ring is 1. The molecular weight excluding hydrogens is 322 g/mol. The third-order valence-corrected chi connectivity index (χ3v) is 5.05. The molecule has 2 heterocycles. The van der Waals surface area contributed by atoms with Crippen LogP contribution >= 0.6 is 11.6 Å². The lowest BCUT2D eigenvalue weighted by Crippen LogP contribution is -2.18. The number of anilines is 1. The summed E-state index contributed by atoms with van der Waals surface area (Å²) in [6, 6.07) is 5.67. The van der Waals surface area contributed by atoms with Gasteiger partial charge in [0.15, 0.2) is 0 Å². The maximum absolute atomic E-state index is 12.3. The van der Waals surface area contributed by atoms with Gasteiger partial charge in [0.2, 0.25) is 0 Å². The van der Waals surface area contributed by atoms with Crippen LogP contribution in [0.25, 0.3) is 21.9 Å². The predicted molar refractivity (Wildman–Crippen MR) is 103 cm³/mol. The Balaban J connectivity index is 0.000000815. The minimum Gasteiger partial charge on any atom is -0.394 e. The van der Waals surface area contributed by atoms with Crippen LogP contribution in [-0.2, 0) is 0 Å². The molecule has 4 N–H and O–H groups in total. The molecule has 0 radical (unpaired) electrons. The molecule has 128 valence electrons. The van der Waals surface area contributed by atoms with E-state index in [4.69, 9.17) is 17.3 Å². The molecule has 1 fully saturated rings. The number of halogens is 1. The van der Waals surface area contributed by atoms with Gasteiger partial charge in [-0.25, -0.2) is 0 Å². The van der Waals surface area contributed by atoms with Gasteiger partial charge in [0, 0.05) is 21.5 Å². The smallest absolute Gasteiger partial charge is 0.271 e. The molecular formula is C19H24ClN3O. The summed E-state index contributed by atoms with van der Waals surface area (Å²) >= 11 is 6.10. The minimum atomic E-state index is -0.200. The number of H-pyrrole nitrogens is 2. The van der Waals surface area contributed by atoms with E-state index in [1.165, 1.54) is 19.3 Å². The first-order chi connectivity index (χ1) is 11.6. The molecule has 0 unspecified atom stereocenters. The molecule has 0 bridgehead atoms. The molecule has 4 nitrogen and oxygen atoms in total. The van der Waals surface area contributed by atoms with Gasteiger partial charge in [-0.3, -0.25) is 4.79 Å². The van der Waals surface area contributed by atoms with E-state index in [0.29, 0.717) is 16.6 Å². The predicted octanol–water partition coefficient (Wildman–Crippen LogP) is 5.32.